The molecule has 0 N–H and O–H groups in total. The van der Waals surface area contributed by atoms with E-state index in [4.69, 9.17) is 0 Å². The molecule has 3 heteroatoms. The van der Waals surface area contributed by atoms with Crippen LogP contribution in [0.2, 0.25) is 0 Å². The Hall–Kier alpha value is -0.700. The molecule has 1 nitrogen and oxygen atoms in total. The van der Waals surface area contributed by atoms with Gasteiger partial charge >= 0.3 is 0 Å². The van der Waals surface area contributed by atoms with E-state index in [1.807, 2.05) is 0 Å². The lowest BCUT2D eigenvalue weighted by molar-refractivity contribution is -0.117. The van der Waals surface area contributed by atoms with Gasteiger partial charge in [-0.15, -0.1) is 0 Å². The first-order valence-electron chi connectivity index (χ1n) is 3.47. The highest BCUT2D eigenvalue weighted by molar-refractivity contribution is 9.10. The fourth-order valence-electron chi connectivity index (χ4n) is 0.861. The number of halogens is 2. The number of rotatable bonds is 2. The van der Waals surface area contributed by atoms with Crippen molar-refractivity contribution in [3.05, 3.63) is 34.3 Å². The molecule has 0 aliphatic rings. The molecule has 0 aromatic heterocycles. The SMILES string of the molecule is C[C@](F)(C=O)c1cccc(Br)c1. The third kappa shape index (κ3) is 1.91. The minimum Gasteiger partial charge on any atom is -0.299 e. The van der Waals surface area contributed by atoms with Gasteiger partial charge in [0.2, 0.25) is 0 Å². The molecule has 0 fully saturated rings. The number of hydrogen-bond donors (Lipinski definition) is 0. The summed E-state index contributed by atoms with van der Waals surface area (Å²) in [6.07, 6.45) is 0.300. The van der Waals surface area contributed by atoms with E-state index >= 15 is 0 Å². The average Bonchev–Trinajstić information content (AvgIpc) is 2.05. The second-order valence-corrected chi connectivity index (χ2v) is 3.62. The summed E-state index contributed by atoms with van der Waals surface area (Å²) in [6.45, 7) is 1.24. The summed E-state index contributed by atoms with van der Waals surface area (Å²) in [4.78, 5) is 10.3. The molecule has 1 aromatic carbocycles. The third-order valence-corrected chi connectivity index (χ3v) is 2.10. The Morgan fingerprint density at radius 2 is 2.25 bits per heavy atom. The lowest BCUT2D eigenvalue weighted by atomic mass is 10.0. The maximum atomic E-state index is 13.3. The van der Waals surface area contributed by atoms with Crippen LogP contribution in [0.3, 0.4) is 0 Å². The molecule has 1 aromatic rings. The smallest absolute Gasteiger partial charge is 0.188 e. The first kappa shape index (κ1) is 9.39. The minimum absolute atomic E-state index is 0.300. The van der Waals surface area contributed by atoms with E-state index in [9.17, 15) is 9.18 Å². The Morgan fingerprint density at radius 1 is 1.58 bits per heavy atom. The predicted molar refractivity (Wildman–Crippen MR) is 48.7 cm³/mol. The number of benzene rings is 1. The van der Waals surface area contributed by atoms with Crippen molar-refractivity contribution in [2.45, 2.75) is 12.6 Å². The van der Waals surface area contributed by atoms with E-state index < -0.39 is 5.67 Å². The summed E-state index contributed by atoms with van der Waals surface area (Å²) in [6, 6.07) is 6.65. The zero-order valence-corrected chi connectivity index (χ0v) is 8.14. The number of aldehydes is 1. The third-order valence-electron chi connectivity index (χ3n) is 1.61. The topological polar surface area (TPSA) is 17.1 Å². The van der Waals surface area contributed by atoms with E-state index in [0.29, 0.717) is 11.8 Å². The van der Waals surface area contributed by atoms with Crippen LogP contribution in [0.25, 0.3) is 0 Å². The minimum atomic E-state index is -1.89. The van der Waals surface area contributed by atoms with Crippen LogP contribution in [-0.4, -0.2) is 6.29 Å². The molecule has 0 saturated heterocycles. The van der Waals surface area contributed by atoms with E-state index in [-0.39, 0.29) is 0 Å². The van der Waals surface area contributed by atoms with Crippen LogP contribution in [0, 0.1) is 0 Å². The number of carbonyl (C=O) groups excluding carboxylic acids is 1. The van der Waals surface area contributed by atoms with Gasteiger partial charge in [-0.2, -0.15) is 0 Å². The fourth-order valence-corrected chi connectivity index (χ4v) is 1.26. The van der Waals surface area contributed by atoms with Crippen molar-refractivity contribution in [2.24, 2.45) is 0 Å². The van der Waals surface area contributed by atoms with Crippen molar-refractivity contribution in [3.63, 3.8) is 0 Å². The normalized spacial score (nSPS) is 15.2. The van der Waals surface area contributed by atoms with Crippen LogP contribution in [0.4, 0.5) is 4.39 Å². The highest BCUT2D eigenvalue weighted by Crippen LogP contribution is 2.25. The molecule has 0 saturated carbocycles. The standard InChI is InChI=1S/C9H8BrFO/c1-9(11,6-12)7-3-2-4-8(10)5-7/h2-6H,1H3/t9-/m0/s1. The Balaban J connectivity index is 3.11. The summed E-state index contributed by atoms with van der Waals surface area (Å²) in [5, 5.41) is 0. The van der Waals surface area contributed by atoms with E-state index in [1.54, 1.807) is 24.3 Å². The Morgan fingerprint density at radius 3 is 2.75 bits per heavy atom. The zero-order valence-electron chi connectivity index (χ0n) is 6.55. The lowest BCUT2D eigenvalue weighted by Gasteiger charge is -2.12. The van der Waals surface area contributed by atoms with Gasteiger partial charge in [-0.25, -0.2) is 4.39 Å². The van der Waals surface area contributed by atoms with Crippen LogP contribution in [0.15, 0.2) is 28.7 Å². The number of alkyl halides is 1. The van der Waals surface area contributed by atoms with Gasteiger partial charge in [0.1, 0.15) is 0 Å². The molecule has 0 bridgehead atoms. The van der Waals surface area contributed by atoms with Gasteiger partial charge in [0.25, 0.3) is 0 Å². The van der Waals surface area contributed by atoms with Crippen LogP contribution in [0.5, 0.6) is 0 Å². The van der Waals surface area contributed by atoms with Gasteiger partial charge < -0.3 is 0 Å². The van der Waals surface area contributed by atoms with Crippen LogP contribution >= 0.6 is 15.9 Å². The molecule has 0 heterocycles. The van der Waals surface area contributed by atoms with E-state index in [1.165, 1.54) is 6.92 Å². The van der Waals surface area contributed by atoms with Crippen LogP contribution < -0.4 is 0 Å². The molecule has 0 aliphatic carbocycles. The molecule has 64 valence electrons. The first-order valence-corrected chi connectivity index (χ1v) is 4.27. The van der Waals surface area contributed by atoms with Crippen molar-refractivity contribution < 1.29 is 9.18 Å². The predicted octanol–water partition coefficient (Wildman–Crippen LogP) is 2.83. The number of carbonyl (C=O) groups is 1. The monoisotopic (exact) mass is 230 g/mol. The fraction of sp³-hybridized carbons (Fsp3) is 0.222. The summed E-state index contributed by atoms with van der Waals surface area (Å²) in [5.41, 5.74) is -1.52. The van der Waals surface area contributed by atoms with Gasteiger partial charge in [-0.05, 0) is 24.6 Å². The molecule has 1 rings (SSSR count). The van der Waals surface area contributed by atoms with Gasteiger partial charge in [0.15, 0.2) is 12.0 Å². The molecular weight excluding hydrogens is 223 g/mol. The molecule has 0 spiro atoms. The number of hydrogen-bond acceptors (Lipinski definition) is 1. The van der Waals surface area contributed by atoms with Gasteiger partial charge in [0.05, 0.1) is 0 Å². The van der Waals surface area contributed by atoms with Gasteiger partial charge in [-0.3, -0.25) is 4.79 Å². The van der Waals surface area contributed by atoms with Crippen molar-refractivity contribution in [3.8, 4) is 0 Å². The Labute approximate surface area is 78.7 Å². The Bertz CT molecular complexity index is 296. The van der Waals surface area contributed by atoms with Crippen LogP contribution in [0.1, 0.15) is 12.5 Å². The van der Waals surface area contributed by atoms with E-state index in [2.05, 4.69) is 15.9 Å². The molecule has 0 unspecified atom stereocenters. The highest BCUT2D eigenvalue weighted by Gasteiger charge is 2.24. The van der Waals surface area contributed by atoms with Crippen molar-refractivity contribution >= 4 is 22.2 Å². The van der Waals surface area contributed by atoms with E-state index in [0.717, 1.165) is 4.47 Å². The maximum absolute atomic E-state index is 13.3. The largest absolute Gasteiger partial charge is 0.299 e. The molecule has 0 aliphatic heterocycles. The first-order chi connectivity index (χ1) is 5.56. The molecule has 0 radical (unpaired) electrons. The van der Waals surface area contributed by atoms with Crippen molar-refractivity contribution in [1.82, 2.24) is 0 Å². The quantitative estimate of drug-likeness (QED) is 0.715. The van der Waals surface area contributed by atoms with Gasteiger partial charge in [0, 0.05) is 4.47 Å². The average molecular weight is 231 g/mol. The van der Waals surface area contributed by atoms with Crippen molar-refractivity contribution in [2.75, 3.05) is 0 Å². The summed E-state index contributed by atoms with van der Waals surface area (Å²) < 4.78 is 14.1. The lowest BCUT2D eigenvalue weighted by Crippen LogP contribution is -2.16. The van der Waals surface area contributed by atoms with Crippen molar-refractivity contribution in [1.29, 1.82) is 0 Å². The summed E-state index contributed by atoms with van der Waals surface area (Å²) >= 11 is 3.20. The summed E-state index contributed by atoms with van der Waals surface area (Å²) in [5.74, 6) is 0. The van der Waals surface area contributed by atoms with Gasteiger partial charge in [-0.1, -0.05) is 28.1 Å². The molecular formula is C9H8BrFO. The zero-order chi connectivity index (χ0) is 9.19. The summed E-state index contributed by atoms with van der Waals surface area (Å²) in [7, 11) is 0. The molecule has 1 atom stereocenters. The maximum Gasteiger partial charge on any atom is 0.188 e. The second-order valence-electron chi connectivity index (χ2n) is 2.70. The Kier molecular flexibility index (Phi) is 2.62. The molecule has 0 amide bonds. The molecule has 12 heavy (non-hydrogen) atoms. The highest BCUT2D eigenvalue weighted by atomic mass is 79.9. The second kappa shape index (κ2) is 3.35. The van der Waals surface area contributed by atoms with Crippen LogP contribution in [-0.2, 0) is 10.5 Å².